The zero-order valence-corrected chi connectivity index (χ0v) is 16.4. The first-order valence-corrected chi connectivity index (χ1v) is 9.68. The molecule has 1 aliphatic heterocycles. The van der Waals surface area contributed by atoms with Crippen LogP contribution >= 0.6 is 11.3 Å². The molecule has 0 aliphatic carbocycles. The van der Waals surface area contributed by atoms with Gasteiger partial charge in [-0.2, -0.15) is 0 Å². The number of piperidine rings is 1. The molecule has 0 aromatic carbocycles. The van der Waals surface area contributed by atoms with Gasteiger partial charge in [0, 0.05) is 13.4 Å². The van der Waals surface area contributed by atoms with Gasteiger partial charge in [-0.05, 0) is 24.8 Å². The Morgan fingerprint density at radius 2 is 2.14 bits per heavy atom. The molecule has 1 aliphatic rings. The van der Waals surface area contributed by atoms with Crippen LogP contribution in [0.3, 0.4) is 0 Å². The van der Waals surface area contributed by atoms with Gasteiger partial charge in [-0.3, -0.25) is 14.4 Å². The van der Waals surface area contributed by atoms with Gasteiger partial charge in [0.25, 0.3) is 5.91 Å². The number of pyridine rings is 1. The smallest absolute Gasteiger partial charge is 0.313 e. The molecule has 3 N–H and O–H groups in total. The summed E-state index contributed by atoms with van der Waals surface area (Å²) < 4.78 is 4.97. The molecule has 3 amide bonds. The number of carbonyl (C=O) groups excluding carboxylic acids is 3. The Bertz CT molecular complexity index is 892. The number of amides is 3. The summed E-state index contributed by atoms with van der Waals surface area (Å²) >= 11 is 1.45. The Morgan fingerprint density at radius 3 is 2.79 bits per heavy atom. The number of methoxy groups -OCH3 is 1. The number of primary amides is 1. The maximum Gasteiger partial charge on any atom is 0.313 e. The molecule has 1 saturated heterocycles. The van der Waals surface area contributed by atoms with E-state index in [9.17, 15) is 14.4 Å². The number of likely N-dealkylation sites (tertiary alicyclic amines) is 1. The van der Waals surface area contributed by atoms with Crippen LogP contribution in [0.1, 0.15) is 43.3 Å². The molecule has 28 heavy (non-hydrogen) atoms. The van der Waals surface area contributed by atoms with Crippen molar-refractivity contribution in [2.24, 2.45) is 11.7 Å². The Labute approximate surface area is 167 Å². The van der Waals surface area contributed by atoms with Crippen LogP contribution in [0.4, 0.5) is 5.69 Å². The Morgan fingerprint density at radius 1 is 1.36 bits per heavy atom. The van der Waals surface area contributed by atoms with Crippen LogP contribution in [0.5, 0.6) is 5.88 Å². The summed E-state index contributed by atoms with van der Waals surface area (Å²) in [7, 11) is 1.35. The maximum absolute atomic E-state index is 12.8. The predicted molar refractivity (Wildman–Crippen MR) is 105 cm³/mol. The highest BCUT2D eigenvalue weighted by molar-refractivity contribution is 7.07. The molecule has 0 radical (unpaired) electrons. The lowest BCUT2D eigenvalue weighted by molar-refractivity contribution is -0.146. The van der Waals surface area contributed by atoms with Crippen molar-refractivity contribution in [2.75, 3.05) is 19.0 Å². The molecule has 10 heteroatoms. The summed E-state index contributed by atoms with van der Waals surface area (Å²) in [5, 5.41) is 4.39. The third-order valence-corrected chi connectivity index (χ3v) is 5.24. The van der Waals surface area contributed by atoms with Crippen LogP contribution in [-0.4, -0.2) is 46.2 Å². The van der Waals surface area contributed by atoms with E-state index in [1.165, 1.54) is 30.7 Å². The lowest BCUT2D eigenvalue weighted by Gasteiger charge is -2.37. The number of hydrogen-bond donors (Lipinski definition) is 2. The van der Waals surface area contributed by atoms with Gasteiger partial charge >= 0.3 is 11.8 Å². The Kier molecular flexibility index (Phi) is 5.88. The minimum absolute atomic E-state index is 0. The number of thiazole rings is 1. The van der Waals surface area contributed by atoms with E-state index < -0.39 is 17.7 Å². The first kappa shape index (κ1) is 19.7. The number of nitrogens with zero attached hydrogens (tertiary/aromatic N) is 3. The summed E-state index contributed by atoms with van der Waals surface area (Å²) in [6.45, 7) is 2.52. The topological polar surface area (TPSA) is 128 Å². The van der Waals surface area contributed by atoms with Crippen LogP contribution in [0.2, 0.25) is 0 Å². The monoisotopic (exact) mass is 405 g/mol. The summed E-state index contributed by atoms with van der Waals surface area (Å²) in [5.41, 5.74) is 8.00. The maximum atomic E-state index is 12.8. The first-order chi connectivity index (χ1) is 13.4. The zero-order chi connectivity index (χ0) is 20.3. The number of nitrogens with one attached hydrogen (secondary N) is 1. The minimum atomic E-state index is -0.809. The van der Waals surface area contributed by atoms with E-state index in [-0.39, 0.29) is 30.5 Å². The second kappa shape index (κ2) is 8.34. The predicted octanol–water partition coefficient (Wildman–Crippen LogP) is 1.83. The van der Waals surface area contributed by atoms with Gasteiger partial charge in [0.05, 0.1) is 36.2 Å². The molecule has 0 saturated carbocycles. The molecule has 2 aromatic heterocycles. The third kappa shape index (κ3) is 4.11. The highest BCUT2D eigenvalue weighted by Crippen LogP contribution is 2.33. The van der Waals surface area contributed by atoms with Crippen LogP contribution in [0, 0.1) is 5.92 Å². The standard InChI is InChI=1S/C18H21N5O4S.H2/c1-10-3-4-14(13-8-28-9-21-13)23(7-10)18(26)16(25)22-11-5-12(15(19)24)17(27-2)20-6-11;/h5-6,8-10,14H,3-4,7H2,1-2H3,(H2,19,24)(H,22,25);1H/t10-,14+;/m1./s1. The number of anilines is 1. The highest BCUT2D eigenvalue weighted by Gasteiger charge is 2.35. The third-order valence-electron chi connectivity index (χ3n) is 4.63. The van der Waals surface area contributed by atoms with Crippen LogP contribution < -0.4 is 15.8 Å². The van der Waals surface area contributed by atoms with Crippen molar-refractivity contribution < 1.29 is 20.5 Å². The number of nitrogens with two attached hydrogens (primary N) is 1. The van der Waals surface area contributed by atoms with E-state index in [2.05, 4.69) is 15.3 Å². The van der Waals surface area contributed by atoms with Crippen LogP contribution in [0.15, 0.2) is 23.2 Å². The quantitative estimate of drug-likeness (QED) is 0.747. The average Bonchev–Trinajstić information content (AvgIpc) is 3.21. The molecule has 9 nitrogen and oxygen atoms in total. The summed E-state index contributed by atoms with van der Waals surface area (Å²) in [6, 6.07) is 1.10. The molecular formula is C18H23N5O4S. The summed E-state index contributed by atoms with van der Waals surface area (Å²) in [6.07, 6.45) is 3.00. The van der Waals surface area contributed by atoms with E-state index in [0.29, 0.717) is 6.54 Å². The number of aromatic nitrogens is 2. The molecule has 0 spiro atoms. The van der Waals surface area contributed by atoms with E-state index in [0.717, 1.165) is 18.5 Å². The van der Waals surface area contributed by atoms with Crippen molar-refractivity contribution in [1.82, 2.24) is 14.9 Å². The first-order valence-electron chi connectivity index (χ1n) is 8.74. The molecule has 0 unspecified atom stereocenters. The molecule has 0 bridgehead atoms. The number of ether oxygens (including phenoxy) is 1. The van der Waals surface area contributed by atoms with E-state index in [4.69, 9.17) is 10.5 Å². The molecule has 3 heterocycles. The molecule has 150 valence electrons. The molecule has 2 aromatic rings. The lowest BCUT2D eigenvalue weighted by atomic mass is 9.92. The van der Waals surface area contributed by atoms with Gasteiger partial charge < -0.3 is 20.7 Å². The number of rotatable bonds is 4. The average molecular weight is 405 g/mol. The highest BCUT2D eigenvalue weighted by atomic mass is 32.1. The van der Waals surface area contributed by atoms with Gasteiger partial charge in [0.15, 0.2) is 0 Å². The van der Waals surface area contributed by atoms with Crippen molar-refractivity contribution in [1.29, 1.82) is 0 Å². The van der Waals surface area contributed by atoms with Gasteiger partial charge in [-0.25, -0.2) is 9.97 Å². The Hall–Kier alpha value is -3.01. The summed E-state index contributed by atoms with van der Waals surface area (Å²) in [5.74, 6) is -1.88. The van der Waals surface area contributed by atoms with Crippen LogP contribution in [-0.2, 0) is 9.59 Å². The van der Waals surface area contributed by atoms with Crippen LogP contribution in [0.25, 0.3) is 0 Å². The second-order valence-corrected chi connectivity index (χ2v) is 7.39. The zero-order valence-electron chi connectivity index (χ0n) is 15.5. The van der Waals surface area contributed by atoms with Gasteiger partial charge in [-0.15, -0.1) is 11.3 Å². The van der Waals surface area contributed by atoms with Crippen molar-refractivity contribution in [3.05, 3.63) is 34.4 Å². The fourth-order valence-corrected chi connectivity index (χ4v) is 3.85. The molecular weight excluding hydrogens is 382 g/mol. The lowest BCUT2D eigenvalue weighted by Crippen LogP contribution is -2.46. The second-order valence-electron chi connectivity index (χ2n) is 6.67. The van der Waals surface area contributed by atoms with Gasteiger partial charge in [0.1, 0.15) is 5.56 Å². The van der Waals surface area contributed by atoms with Crippen molar-refractivity contribution in [3.63, 3.8) is 0 Å². The number of carbonyl (C=O) groups is 3. The Balaban J connectivity index is 0.00000300. The van der Waals surface area contributed by atoms with Crippen molar-refractivity contribution >= 4 is 34.7 Å². The molecule has 2 atom stereocenters. The van der Waals surface area contributed by atoms with E-state index in [1.807, 2.05) is 12.3 Å². The molecule has 3 rings (SSSR count). The fraction of sp³-hybridized carbons (Fsp3) is 0.389. The number of hydrogen-bond acceptors (Lipinski definition) is 7. The van der Waals surface area contributed by atoms with E-state index in [1.54, 1.807) is 10.4 Å². The normalized spacial score (nSPS) is 19.1. The largest absolute Gasteiger partial charge is 0.480 e. The SMILES string of the molecule is COc1ncc(NC(=O)C(=O)N2C[C@H](C)CC[C@H]2c2cscn2)cc1C(N)=O.[HH]. The van der Waals surface area contributed by atoms with Crippen molar-refractivity contribution in [3.8, 4) is 5.88 Å². The fourth-order valence-electron chi connectivity index (χ4n) is 3.25. The van der Waals surface area contributed by atoms with Gasteiger partial charge in [-0.1, -0.05) is 6.92 Å². The summed E-state index contributed by atoms with van der Waals surface area (Å²) in [4.78, 5) is 46.7. The van der Waals surface area contributed by atoms with E-state index >= 15 is 0 Å². The van der Waals surface area contributed by atoms with Crippen molar-refractivity contribution in [2.45, 2.75) is 25.8 Å². The minimum Gasteiger partial charge on any atom is -0.480 e. The van der Waals surface area contributed by atoms with Gasteiger partial charge in [0.2, 0.25) is 5.88 Å². The molecule has 1 fully saturated rings.